The number of amides is 1. The molecule has 1 amide bonds. The summed E-state index contributed by atoms with van der Waals surface area (Å²) in [4.78, 5) is 50.3. The number of hydrogen-bond donors (Lipinski definition) is 2. The van der Waals surface area contributed by atoms with Gasteiger partial charge in [-0.3, -0.25) is 23.7 Å². The van der Waals surface area contributed by atoms with Gasteiger partial charge in [-0.2, -0.15) is 5.26 Å². The number of anilines is 1. The molecule has 0 atom stereocenters. The highest BCUT2D eigenvalue weighted by Crippen LogP contribution is 2.30. The van der Waals surface area contributed by atoms with Crippen molar-refractivity contribution in [3.8, 4) is 6.07 Å². The molecule has 4 aromatic rings. The Kier molecular flexibility index (Phi) is 6.45. The number of aromatic nitrogens is 5. The van der Waals surface area contributed by atoms with Gasteiger partial charge in [-0.15, -0.1) is 0 Å². The van der Waals surface area contributed by atoms with E-state index in [4.69, 9.17) is 0 Å². The van der Waals surface area contributed by atoms with Gasteiger partial charge in [0, 0.05) is 30.5 Å². The molecule has 0 radical (unpaired) electrons. The second kappa shape index (κ2) is 10.00. The number of imidazole rings is 1. The van der Waals surface area contributed by atoms with Gasteiger partial charge >= 0.3 is 5.69 Å². The fourth-order valence-electron chi connectivity index (χ4n) is 4.89. The zero-order valence-corrected chi connectivity index (χ0v) is 19.6. The number of fused-ring (bicyclic) bond motifs is 1. The van der Waals surface area contributed by atoms with Crippen LogP contribution < -0.4 is 16.6 Å². The van der Waals surface area contributed by atoms with E-state index in [1.807, 2.05) is 6.07 Å². The number of hydrogen-bond acceptors (Lipinski definition) is 6. The maximum atomic E-state index is 13.5. The molecule has 3 aromatic heterocycles. The Balaban J connectivity index is 1.35. The molecule has 2 N–H and O–H groups in total. The lowest BCUT2D eigenvalue weighted by Gasteiger charge is -2.28. The number of nitrogens with zero attached hydrogens (tertiary/aromatic N) is 5. The molecule has 1 aliphatic carbocycles. The quantitative estimate of drug-likeness (QED) is 0.432. The molecule has 1 aliphatic rings. The molecule has 3 heterocycles. The van der Waals surface area contributed by atoms with Crippen LogP contribution >= 0.6 is 0 Å². The minimum absolute atomic E-state index is 0.0192. The van der Waals surface area contributed by atoms with Crippen molar-refractivity contribution in [3.05, 3.63) is 87.1 Å². The lowest BCUT2D eigenvalue weighted by molar-refractivity contribution is -0.121. The summed E-state index contributed by atoms with van der Waals surface area (Å²) >= 11 is 0. The van der Waals surface area contributed by atoms with Gasteiger partial charge in [0.15, 0.2) is 5.65 Å². The van der Waals surface area contributed by atoms with Gasteiger partial charge < -0.3 is 10.3 Å². The summed E-state index contributed by atoms with van der Waals surface area (Å²) < 4.78 is 2.70. The Morgan fingerprint density at radius 2 is 1.83 bits per heavy atom. The van der Waals surface area contributed by atoms with Crippen LogP contribution in [0.5, 0.6) is 0 Å². The molecule has 10 nitrogen and oxygen atoms in total. The van der Waals surface area contributed by atoms with E-state index in [1.54, 1.807) is 42.7 Å². The van der Waals surface area contributed by atoms with Crippen LogP contribution in [0.4, 0.5) is 5.69 Å². The first-order valence-electron chi connectivity index (χ1n) is 11.9. The van der Waals surface area contributed by atoms with E-state index in [1.165, 1.54) is 15.5 Å². The van der Waals surface area contributed by atoms with Crippen molar-refractivity contribution in [1.29, 1.82) is 5.26 Å². The minimum Gasteiger partial charge on any atom is -0.339 e. The van der Waals surface area contributed by atoms with Crippen LogP contribution in [0.1, 0.15) is 36.8 Å². The van der Waals surface area contributed by atoms with Crippen LogP contribution in [0.3, 0.4) is 0 Å². The van der Waals surface area contributed by atoms with Crippen LogP contribution in [0.25, 0.3) is 11.2 Å². The fraction of sp³-hybridized carbons (Fsp3) is 0.308. The number of pyridine rings is 1. The van der Waals surface area contributed by atoms with Gasteiger partial charge in [-0.25, -0.2) is 9.78 Å². The Hall–Kier alpha value is -4.52. The van der Waals surface area contributed by atoms with Crippen LogP contribution in [-0.2, 0) is 17.9 Å². The lowest BCUT2D eigenvalue weighted by atomic mass is 9.81. The van der Waals surface area contributed by atoms with Gasteiger partial charge in [0.05, 0.1) is 24.5 Å². The number of benzene rings is 1. The summed E-state index contributed by atoms with van der Waals surface area (Å²) in [7, 11) is 0. The second-order valence-corrected chi connectivity index (χ2v) is 9.10. The third-order valence-corrected chi connectivity index (χ3v) is 6.87. The van der Waals surface area contributed by atoms with Gasteiger partial charge in [0.1, 0.15) is 5.52 Å². The molecular formula is C26H25N7O3. The number of H-pyrrole nitrogens is 1. The molecule has 1 aromatic carbocycles. The first-order valence-corrected chi connectivity index (χ1v) is 11.9. The summed E-state index contributed by atoms with van der Waals surface area (Å²) in [5.74, 6) is -0.0323. The van der Waals surface area contributed by atoms with Crippen molar-refractivity contribution in [2.24, 2.45) is 11.8 Å². The van der Waals surface area contributed by atoms with Crippen LogP contribution in [0, 0.1) is 23.2 Å². The van der Waals surface area contributed by atoms with Crippen molar-refractivity contribution in [1.82, 2.24) is 24.1 Å². The van der Waals surface area contributed by atoms with E-state index in [0.717, 1.165) is 18.5 Å². The average molecular weight is 484 g/mol. The molecule has 0 bridgehead atoms. The third-order valence-electron chi connectivity index (χ3n) is 6.87. The SMILES string of the molecule is N#Cc1ccccc1Cn1c(=O)n(CC2CCC(C(=O)Nc3ccncc3)CC2)c(=O)c2[nH]cnc21. The Morgan fingerprint density at radius 1 is 1.08 bits per heavy atom. The van der Waals surface area contributed by atoms with Crippen molar-refractivity contribution >= 4 is 22.8 Å². The van der Waals surface area contributed by atoms with E-state index < -0.39 is 11.2 Å². The van der Waals surface area contributed by atoms with Gasteiger partial charge in [-0.05, 0) is 55.4 Å². The smallest absolute Gasteiger partial charge is 0.333 e. The summed E-state index contributed by atoms with van der Waals surface area (Å²) in [5.41, 5.74) is 1.53. The summed E-state index contributed by atoms with van der Waals surface area (Å²) in [6.07, 6.45) is 7.50. The zero-order chi connectivity index (χ0) is 25.1. The molecule has 0 spiro atoms. The highest BCUT2D eigenvalue weighted by molar-refractivity contribution is 5.92. The summed E-state index contributed by atoms with van der Waals surface area (Å²) in [5, 5.41) is 12.4. The van der Waals surface area contributed by atoms with Crippen LogP contribution in [0.15, 0.2) is 64.7 Å². The topological polar surface area (TPSA) is 138 Å². The summed E-state index contributed by atoms with van der Waals surface area (Å²) in [6.45, 7) is 0.400. The Morgan fingerprint density at radius 3 is 2.58 bits per heavy atom. The van der Waals surface area contributed by atoms with Crippen molar-refractivity contribution < 1.29 is 4.79 Å². The Bertz CT molecular complexity index is 1550. The fourth-order valence-corrected chi connectivity index (χ4v) is 4.89. The number of carbonyl (C=O) groups is 1. The number of rotatable bonds is 6. The lowest BCUT2D eigenvalue weighted by Crippen LogP contribution is -2.42. The molecule has 10 heteroatoms. The maximum Gasteiger partial charge on any atom is 0.333 e. The monoisotopic (exact) mass is 483 g/mol. The minimum atomic E-state index is -0.454. The van der Waals surface area contributed by atoms with Gasteiger partial charge in [-0.1, -0.05) is 18.2 Å². The Labute approximate surface area is 206 Å². The molecule has 0 unspecified atom stereocenters. The van der Waals surface area contributed by atoms with E-state index in [-0.39, 0.29) is 42.0 Å². The molecule has 0 saturated heterocycles. The maximum absolute atomic E-state index is 13.5. The van der Waals surface area contributed by atoms with Gasteiger partial charge in [0.2, 0.25) is 5.91 Å². The first kappa shape index (κ1) is 23.2. The molecule has 5 rings (SSSR count). The largest absolute Gasteiger partial charge is 0.339 e. The normalized spacial score (nSPS) is 17.5. The average Bonchev–Trinajstić information content (AvgIpc) is 3.40. The number of carbonyl (C=O) groups excluding carboxylic acids is 1. The number of nitrogens with one attached hydrogen (secondary N) is 2. The summed E-state index contributed by atoms with van der Waals surface area (Å²) in [6, 6.07) is 12.7. The molecule has 36 heavy (non-hydrogen) atoms. The molecule has 1 fully saturated rings. The van der Waals surface area contributed by atoms with Gasteiger partial charge in [0.25, 0.3) is 5.56 Å². The second-order valence-electron chi connectivity index (χ2n) is 9.10. The standard InChI is InChI=1S/C26H25N7O3/c27-13-19-3-1-2-4-20(19)15-32-23-22(29-16-30-23)25(35)33(26(32)36)14-17-5-7-18(8-6-17)24(34)31-21-9-11-28-12-10-21/h1-4,9-12,16-18H,5-8,14-15H2,(H,29,30)(H,28,31,34). The van der Waals surface area contributed by atoms with E-state index >= 15 is 0 Å². The van der Waals surface area contributed by atoms with Crippen molar-refractivity contribution in [3.63, 3.8) is 0 Å². The number of aromatic amines is 1. The zero-order valence-electron chi connectivity index (χ0n) is 19.6. The van der Waals surface area contributed by atoms with Crippen molar-refractivity contribution in [2.45, 2.75) is 38.8 Å². The molecular weight excluding hydrogens is 458 g/mol. The first-order chi connectivity index (χ1) is 17.5. The van der Waals surface area contributed by atoms with Crippen LogP contribution in [-0.4, -0.2) is 30.0 Å². The predicted molar refractivity (Wildman–Crippen MR) is 133 cm³/mol. The third kappa shape index (κ3) is 4.55. The van der Waals surface area contributed by atoms with E-state index in [9.17, 15) is 19.6 Å². The molecule has 1 saturated carbocycles. The van der Waals surface area contributed by atoms with Crippen LogP contribution in [0.2, 0.25) is 0 Å². The number of nitriles is 1. The van der Waals surface area contributed by atoms with E-state index in [0.29, 0.717) is 24.0 Å². The molecule has 0 aliphatic heterocycles. The predicted octanol–water partition coefficient (Wildman–Crippen LogP) is 2.65. The van der Waals surface area contributed by atoms with E-state index in [2.05, 4.69) is 26.3 Å². The van der Waals surface area contributed by atoms with Crippen molar-refractivity contribution in [2.75, 3.05) is 5.32 Å². The molecule has 182 valence electrons. The highest BCUT2D eigenvalue weighted by atomic mass is 16.2. The highest BCUT2D eigenvalue weighted by Gasteiger charge is 2.28.